The zero-order chi connectivity index (χ0) is 26.8. The number of hydrogen-bond acceptors (Lipinski definition) is 7. The second-order valence-electron chi connectivity index (χ2n) is 7.64. The maximum atomic E-state index is 15.2. The number of carboxylic acid groups (broad SMARTS) is 1. The van der Waals surface area contributed by atoms with E-state index in [0.717, 1.165) is 12.1 Å². The number of pyridine rings is 1. The van der Waals surface area contributed by atoms with Crippen LogP contribution in [-0.2, 0) is 4.79 Å². The van der Waals surface area contributed by atoms with E-state index in [1.54, 1.807) is 0 Å². The van der Waals surface area contributed by atoms with E-state index in [1.807, 2.05) is 6.07 Å². The molecule has 1 spiro atoms. The Balaban J connectivity index is 0.000000454. The zero-order valence-corrected chi connectivity index (χ0v) is 18.0. The number of carboxylic acids is 1. The van der Waals surface area contributed by atoms with Crippen LogP contribution in [0, 0.1) is 23.0 Å². The van der Waals surface area contributed by atoms with E-state index >= 15 is 4.39 Å². The number of carbonyl (C=O) groups excluding carboxylic acids is 1. The molecular weight excluding hydrogens is 498 g/mol. The van der Waals surface area contributed by atoms with E-state index in [4.69, 9.17) is 20.9 Å². The number of nitrogens with one attached hydrogen (secondary N) is 1. The third-order valence-corrected chi connectivity index (χ3v) is 5.32. The summed E-state index contributed by atoms with van der Waals surface area (Å²) in [6, 6.07) is 6.59. The smallest absolute Gasteiger partial charge is 0.475 e. The second kappa shape index (κ2) is 9.72. The van der Waals surface area contributed by atoms with E-state index < -0.39 is 41.5 Å². The number of hydrogen-bond donors (Lipinski definition) is 3. The summed E-state index contributed by atoms with van der Waals surface area (Å²) in [6.45, 7) is -0.243. The predicted molar refractivity (Wildman–Crippen MR) is 111 cm³/mol. The highest BCUT2D eigenvalue weighted by atomic mass is 19.4. The van der Waals surface area contributed by atoms with Gasteiger partial charge in [-0.25, -0.2) is 27.9 Å². The molecule has 2 atom stereocenters. The summed E-state index contributed by atoms with van der Waals surface area (Å²) in [5.74, 6) is -5.09. The summed E-state index contributed by atoms with van der Waals surface area (Å²) < 4.78 is 75.1. The van der Waals surface area contributed by atoms with Crippen LogP contribution in [-0.4, -0.2) is 63.8 Å². The molecule has 0 unspecified atom stereocenters. The summed E-state index contributed by atoms with van der Waals surface area (Å²) in [7, 11) is 0. The number of fused-ring (bicyclic) bond motifs is 1. The van der Waals surface area contributed by atoms with Gasteiger partial charge < -0.3 is 21.1 Å². The van der Waals surface area contributed by atoms with Crippen LogP contribution in [0.15, 0.2) is 35.5 Å². The number of nitrogens with two attached hydrogens (primary N) is 1. The van der Waals surface area contributed by atoms with Crippen molar-refractivity contribution in [2.45, 2.75) is 24.4 Å². The molecule has 4 rings (SSSR count). The first-order chi connectivity index (χ1) is 16.8. The number of piperidine rings is 1. The molecule has 2 aromatic rings. The van der Waals surface area contributed by atoms with E-state index in [2.05, 4.69) is 15.3 Å². The van der Waals surface area contributed by atoms with Crippen molar-refractivity contribution in [3.05, 3.63) is 58.9 Å². The number of alkyl halides is 4. The van der Waals surface area contributed by atoms with E-state index in [1.165, 1.54) is 23.2 Å². The average Bonchev–Trinajstić information content (AvgIpc) is 2.82. The highest BCUT2D eigenvalue weighted by molar-refractivity contribution is 6.04. The van der Waals surface area contributed by atoms with Gasteiger partial charge in [-0.2, -0.15) is 18.4 Å². The van der Waals surface area contributed by atoms with Crippen LogP contribution in [0.4, 0.5) is 32.0 Å². The average molecular weight is 514 g/mol. The van der Waals surface area contributed by atoms with Crippen molar-refractivity contribution in [3.63, 3.8) is 0 Å². The van der Waals surface area contributed by atoms with Gasteiger partial charge in [-0.1, -0.05) is 0 Å². The fourth-order valence-electron chi connectivity index (χ4n) is 3.54. The molecular formula is C21H16F6N6O3. The van der Waals surface area contributed by atoms with Gasteiger partial charge in [0.2, 0.25) is 0 Å². The van der Waals surface area contributed by atoms with E-state index in [0.29, 0.717) is 5.56 Å². The molecule has 15 heteroatoms. The van der Waals surface area contributed by atoms with Crippen molar-refractivity contribution in [2.24, 2.45) is 10.7 Å². The number of anilines is 1. The lowest BCUT2D eigenvalue weighted by Crippen LogP contribution is -2.60. The Morgan fingerprint density at radius 2 is 1.86 bits per heavy atom. The molecule has 0 radical (unpaired) electrons. The molecule has 1 aromatic carbocycles. The van der Waals surface area contributed by atoms with Crippen molar-refractivity contribution in [1.29, 1.82) is 5.26 Å². The Labute approximate surface area is 198 Å². The molecule has 3 heterocycles. The third kappa shape index (κ3) is 5.16. The lowest BCUT2D eigenvalue weighted by molar-refractivity contribution is -0.192. The van der Waals surface area contributed by atoms with Gasteiger partial charge in [0.1, 0.15) is 29.2 Å². The molecule has 2 aliphatic heterocycles. The number of carbonyl (C=O) groups is 2. The van der Waals surface area contributed by atoms with Crippen LogP contribution < -0.4 is 11.1 Å². The van der Waals surface area contributed by atoms with Crippen LogP contribution in [0.5, 0.6) is 0 Å². The van der Waals surface area contributed by atoms with Crippen LogP contribution in [0.1, 0.15) is 28.0 Å². The van der Waals surface area contributed by atoms with Crippen molar-refractivity contribution in [3.8, 4) is 6.07 Å². The van der Waals surface area contributed by atoms with E-state index in [9.17, 15) is 26.7 Å². The lowest BCUT2D eigenvalue weighted by Gasteiger charge is -2.44. The predicted octanol–water partition coefficient (Wildman–Crippen LogP) is 2.58. The monoisotopic (exact) mass is 514 g/mol. The molecule has 1 saturated heterocycles. The summed E-state index contributed by atoms with van der Waals surface area (Å²) >= 11 is 0. The van der Waals surface area contributed by atoms with Gasteiger partial charge in [-0.05, 0) is 24.3 Å². The standard InChI is InChI=1S/C19H15F3N6O.C2HF3O2/c20-11-2-3-12(21)16-15(11)17(24)27-19(26-16)5-6-28(9-14(19)22)18(29)13-4-1-10(7-23)8-25-13;3-2(4,5)1(6)7/h1-4,8,14,26H,5-6,9H2,(H2,24,27);(H,6,7)/t14-,19-;/m0./s1. The van der Waals surface area contributed by atoms with Crippen LogP contribution in [0.25, 0.3) is 0 Å². The Morgan fingerprint density at radius 3 is 2.39 bits per heavy atom. The fourth-order valence-corrected chi connectivity index (χ4v) is 3.54. The first-order valence-corrected chi connectivity index (χ1v) is 10.0. The molecule has 36 heavy (non-hydrogen) atoms. The third-order valence-electron chi connectivity index (χ3n) is 5.32. The number of aliphatic imine (C=N–C) groups is 1. The van der Waals surface area contributed by atoms with Crippen molar-refractivity contribution >= 4 is 23.4 Å². The van der Waals surface area contributed by atoms with Crippen molar-refractivity contribution in [2.75, 3.05) is 18.4 Å². The minimum atomic E-state index is -5.08. The molecule has 2 aliphatic rings. The minimum absolute atomic E-state index is 0.00766. The second-order valence-corrected chi connectivity index (χ2v) is 7.64. The highest BCUT2D eigenvalue weighted by Crippen LogP contribution is 2.38. The zero-order valence-electron chi connectivity index (χ0n) is 18.0. The number of amidine groups is 1. The Hall–Kier alpha value is -4.35. The largest absolute Gasteiger partial charge is 0.490 e. The molecule has 0 aliphatic carbocycles. The van der Waals surface area contributed by atoms with Crippen molar-refractivity contribution < 1.29 is 41.0 Å². The number of rotatable bonds is 1. The lowest BCUT2D eigenvalue weighted by atomic mass is 9.91. The molecule has 0 bridgehead atoms. The van der Waals surface area contributed by atoms with Gasteiger partial charge in [0, 0.05) is 19.2 Å². The molecule has 0 saturated carbocycles. The molecule has 1 fully saturated rings. The maximum absolute atomic E-state index is 15.2. The number of likely N-dealkylation sites (tertiary alicyclic amines) is 1. The summed E-state index contributed by atoms with van der Waals surface area (Å²) in [5.41, 5.74) is 4.12. The normalized spacial score (nSPS) is 20.8. The van der Waals surface area contributed by atoms with Gasteiger partial charge in [-0.15, -0.1) is 0 Å². The van der Waals surface area contributed by atoms with Gasteiger partial charge in [0.25, 0.3) is 5.91 Å². The number of halogens is 6. The number of nitriles is 1. The van der Waals surface area contributed by atoms with Gasteiger partial charge in [0.15, 0.2) is 11.8 Å². The summed E-state index contributed by atoms with van der Waals surface area (Å²) in [5, 5.41) is 18.6. The van der Waals surface area contributed by atoms with Gasteiger partial charge >= 0.3 is 12.1 Å². The minimum Gasteiger partial charge on any atom is -0.475 e. The topological polar surface area (TPSA) is 145 Å². The Morgan fingerprint density at radius 1 is 1.22 bits per heavy atom. The van der Waals surface area contributed by atoms with Gasteiger partial charge in [-0.3, -0.25) is 4.79 Å². The number of aliphatic carboxylic acids is 1. The van der Waals surface area contributed by atoms with Gasteiger partial charge in [0.05, 0.1) is 23.4 Å². The first kappa shape index (κ1) is 26.3. The SMILES string of the molecule is N#Cc1ccc(C(=O)N2CC[C@]3(N=C(N)c4c(F)ccc(F)c4N3)[C@@H](F)C2)nc1.O=C(O)C(F)(F)F. The Kier molecular flexibility index (Phi) is 7.09. The summed E-state index contributed by atoms with van der Waals surface area (Å²) in [6.07, 6.45) is -5.56. The first-order valence-electron chi connectivity index (χ1n) is 10.0. The number of benzene rings is 1. The molecule has 190 valence electrons. The van der Waals surface area contributed by atoms with Crippen LogP contribution in [0.3, 0.4) is 0 Å². The van der Waals surface area contributed by atoms with Crippen molar-refractivity contribution in [1.82, 2.24) is 9.88 Å². The fraction of sp³-hybridized carbons (Fsp3) is 0.286. The molecule has 1 aromatic heterocycles. The van der Waals surface area contributed by atoms with E-state index in [-0.39, 0.29) is 42.3 Å². The summed E-state index contributed by atoms with van der Waals surface area (Å²) in [4.78, 5) is 30.8. The molecule has 4 N–H and O–H groups in total. The highest BCUT2D eigenvalue weighted by Gasteiger charge is 2.48. The van der Waals surface area contributed by atoms with Crippen LogP contribution >= 0.6 is 0 Å². The maximum Gasteiger partial charge on any atom is 0.490 e. The molecule has 1 amide bonds. The number of amides is 1. The quantitative estimate of drug-likeness (QED) is 0.496. The number of aromatic nitrogens is 1. The number of nitrogens with zero attached hydrogens (tertiary/aromatic N) is 4. The van der Waals surface area contributed by atoms with Crippen LogP contribution in [0.2, 0.25) is 0 Å². The Bertz CT molecular complexity index is 1260. The molecule has 9 nitrogen and oxygen atoms in total.